The van der Waals surface area contributed by atoms with E-state index < -0.39 is 5.97 Å². The molecule has 0 saturated carbocycles. The first-order valence-corrected chi connectivity index (χ1v) is 10.5. The lowest BCUT2D eigenvalue weighted by Crippen LogP contribution is -2.07. The molecule has 0 spiro atoms. The monoisotopic (exact) mass is 451 g/mol. The lowest BCUT2D eigenvalue weighted by molar-refractivity contribution is 0.0698. The van der Waals surface area contributed by atoms with E-state index in [1.165, 1.54) is 6.33 Å². The molecular weight excluding hydrogens is 433 g/mol. The lowest BCUT2D eigenvalue weighted by atomic mass is 10.1. The number of nitrogens with one attached hydrogen (secondary N) is 1. The Bertz CT molecular complexity index is 1040. The highest BCUT2D eigenvalue weighted by Gasteiger charge is 2.18. The first kappa shape index (κ1) is 21.4. The van der Waals surface area contributed by atoms with Gasteiger partial charge in [-0.1, -0.05) is 29.3 Å². The van der Waals surface area contributed by atoms with Crippen LogP contribution in [0.2, 0.25) is 10.0 Å². The summed E-state index contributed by atoms with van der Waals surface area (Å²) in [5.41, 5.74) is 2.70. The molecule has 2 heterocycles. The number of aromatic carboxylic acids is 1. The van der Waals surface area contributed by atoms with Gasteiger partial charge in [-0.25, -0.2) is 14.8 Å². The van der Waals surface area contributed by atoms with Crippen molar-refractivity contribution in [1.82, 2.24) is 9.97 Å². The van der Waals surface area contributed by atoms with Crippen LogP contribution < -0.4 is 10.1 Å². The second kappa shape index (κ2) is 9.43. The van der Waals surface area contributed by atoms with E-state index in [1.807, 2.05) is 19.9 Å². The van der Waals surface area contributed by atoms with Crippen LogP contribution in [0.4, 0.5) is 5.82 Å². The predicted molar refractivity (Wildman–Crippen MR) is 117 cm³/mol. The van der Waals surface area contributed by atoms with Gasteiger partial charge in [0.15, 0.2) is 4.88 Å². The number of nitrogens with zero attached hydrogens (tertiary/aromatic N) is 2. The Morgan fingerprint density at radius 1 is 1.28 bits per heavy atom. The summed E-state index contributed by atoms with van der Waals surface area (Å²) in [6.07, 6.45) is 2.20. The number of carboxylic acids is 1. The van der Waals surface area contributed by atoms with Crippen LogP contribution in [0.5, 0.6) is 5.75 Å². The fraction of sp³-hybridized carbons (Fsp3) is 0.250. The summed E-state index contributed by atoms with van der Waals surface area (Å²) in [5.74, 6) is -0.0201. The number of benzene rings is 1. The van der Waals surface area contributed by atoms with Crippen molar-refractivity contribution in [3.63, 3.8) is 0 Å². The first-order valence-electron chi connectivity index (χ1n) is 8.90. The summed E-state index contributed by atoms with van der Waals surface area (Å²) < 4.78 is 5.42. The number of thiophene rings is 1. The third kappa shape index (κ3) is 4.98. The quantitative estimate of drug-likeness (QED) is 0.465. The van der Waals surface area contributed by atoms with E-state index in [9.17, 15) is 9.90 Å². The van der Waals surface area contributed by atoms with Gasteiger partial charge >= 0.3 is 5.97 Å². The molecule has 9 heteroatoms. The van der Waals surface area contributed by atoms with E-state index >= 15 is 0 Å². The molecule has 2 N–H and O–H groups in total. The van der Waals surface area contributed by atoms with Crippen LogP contribution in [-0.2, 0) is 6.42 Å². The van der Waals surface area contributed by atoms with Crippen molar-refractivity contribution in [2.45, 2.75) is 20.3 Å². The maximum Gasteiger partial charge on any atom is 0.349 e. The minimum Gasteiger partial charge on any atom is -0.492 e. The number of hydrogen-bond donors (Lipinski definition) is 2. The molecule has 29 heavy (non-hydrogen) atoms. The van der Waals surface area contributed by atoms with Crippen LogP contribution in [0.25, 0.3) is 10.6 Å². The summed E-state index contributed by atoms with van der Waals surface area (Å²) in [6, 6.07) is 7.24. The van der Waals surface area contributed by atoms with Gasteiger partial charge in [-0.05, 0) is 37.5 Å². The number of aromatic nitrogens is 2. The van der Waals surface area contributed by atoms with Crippen molar-refractivity contribution in [3.8, 4) is 16.3 Å². The number of halogens is 2. The van der Waals surface area contributed by atoms with Gasteiger partial charge in [-0.3, -0.25) is 0 Å². The van der Waals surface area contributed by atoms with Crippen LogP contribution in [0.3, 0.4) is 0 Å². The van der Waals surface area contributed by atoms with Crippen LogP contribution in [0.1, 0.15) is 27.7 Å². The number of hydrogen-bond acceptors (Lipinski definition) is 6. The smallest absolute Gasteiger partial charge is 0.349 e. The summed E-state index contributed by atoms with van der Waals surface area (Å²) in [6.45, 7) is 4.79. The molecule has 0 radical (unpaired) electrons. The Morgan fingerprint density at radius 2 is 2.07 bits per heavy atom. The molecule has 0 fully saturated rings. The molecule has 0 bridgehead atoms. The standard InChI is InChI=1S/C20H19Cl2N3O3S/c1-3-28-15-9-16(29-19(15)20(26)27)14-8-17(25-10-24-14)23-7-6-12-4-5-13(21)18(22)11(12)2/h4-5,8-10H,3,6-7H2,1-2H3,(H,26,27)(H,23,24,25). The van der Waals surface area contributed by atoms with Gasteiger partial charge in [0.2, 0.25) is 0 Å². The molecule has 0 saturated heterocycles. The fourth-order valence-corrected chi connectivity index (χ4v) is 4.09. The normalized spacial score (nSPS) is 10.8. The number of carboxylic acid groups (broad SMARTS) is 1. The number of carbonyl (C=O) groups is 1. The summed E-state index contributed by atoms with van der Waals surface area (Å²) in [7, 11) is 0. The topological polar surface area (TPSA) is 84.3 Å². The molecule has 0 atom stereocenters. The Kier molecular flexibility index (Phi) is 6.95. The molecule has 152 valence electrons. The zero-order valence-electron chi connectivity index (χ0n) is 15.8. The van der Waals surface area contributed by atoms with E-state index in [1.54, 1.807) is 18.2 Å². The first-order chi connectivity index (χ1) is 13.9. The van der Waals surface area contributed by atoms with Gasteiger partial charge in [0.25, 0.3) is 0 Å². The van der Waals surface area contributed by atoms with E-state index in [0.717, 1.165) is 28.9 Å². The van der Waals surface area contributed by atoms with Gasteiger partial charge < -0.3 is 15.2 Å². The molecule has 0 aliphatic heterocycles. The zero-order chi connectivity index (χ0) is 21.0. The second-order valence-electron chi connectivity index (χ2n) is 6.15. The fourth-order valence-electron chi connectivity index (χ4n) is 2.79. The van der Waals surface area contributed by atoms with E-state index in [0.29, 0.717) is 45.3 Å². The van der Waals surface area contributed by atoms with Crippen LogP contribution in [0.15, 0.2) is 30.6 Å². The molecule has 3 rings (SSSR count). The molecule has 6 nitrogen and oxygen atoms in total. The highest BCUT2D eigenvalue weighted by atomic mass is 35.5. The van der Waals surface area contributed by atoms with Gasteiger partial charge in [0.1, 0.15) is 17.9 Å². The van der Waals surface area contributed by atoms with Gasteiger partial charge in [0.05, 0.1) is 27.2 Å². The molecule has 3 aromatic rings. The Hall–Kier alpha value is -2.35. The molecular formula is C20H19Cl2N3O3S. The van der Waals surface area contributed by atoms with Crippen molar-refractivity contribution < 1.29 is 14.6 Å². The molecule has 0 unspecified atom stereocenters. The predicted octanol–water partition coefficient (Wildman–Crippen LogP) is 5.57. The Morgan fingerprint density at radius 3 is 2.79 bits per heavy atom. The van der Waals surface area contributed by atoms with Crippen LogP contribution >= 0.6 is 34.5 Å². The maximum atomic E-state index is 11.4. The Balaban J connectivity index is 1.73. The van der Waals surface area contributed by atoms with E-state index in [4.69, 9.17) is 27.9 Å². The second-order valence-corrected chi connectivity index (χ2v) is 7.99. The van der Waals surface area contributed by atoms with Gasteiger partial charge in [0, 0.05) is 18.7 Å². The third-order valence-electron chi connectivity index (χ3n) is 4.26. The summed E-state index contributed by atoms with van der Waals surface area (Å²) in [5, 5.41) is 13.7. The minimum atomic E-state index is -1.02. The highest BCUT2D eigenvalue weighted by Crippen LogP contribution is 2.36. The molecule has 0 aliphatic carbocycles. The van der Waals surface area contributed by atoms with Crippen LogP contribution in [0, 0.1) is 6.92 Å². The number of ether oxygens (including phenoxy) is 1. The molecule has 0 aliphatic rings. The minimum absolute atomic E-state index is 0.157. The van der Waals surface area contributed by atoms with E-state index in [2.05, 4.69) is 15.3 Å². The Labute approximate surface area is 182 Å². The molecule has 2 aromatic heterocycles. The van der Waals surface area contributed by atoms with Crippen LogP contribution in [-0.4, -0.2) is 34.2 Å². The number of rotatable bonds is 8. The lowest BCUT2D eigenvalue weighted by Gasteiger charge is -2.10. The van der Waals surface area contributed by atoms with Crippen molar-refractivity contribution in [2.24, 2.45) is 0 Å². The van der Waals surface area contributed by atoms with Gasteiger partial charge in [-0.15, -0.1) is 11.3 Å². The SMILES string of the molecule is CCOc1cc(-c2cc(NCCc3ccc(Cl)c(Cl)c3C)ncn2)sc1C(=O)O. The van der Waals surface area contributed by atoms with Crippen molar-refractivity contribution in [2.75, 3.05) is 18.5 Å². The average molecular weight is 452 g/mol. The molecule has 1 aromatic carbocycles. The average Bonchev–Trinajstić information content (AvgIpc) is 3.13. The van der Waals surface area contributed by atoms with Gasteiger partial charge in [-0.2, -0.15) is 0 Å². The molecule has 0 amide bonds. The summed E-state index contributed by atoms with van der Waals surface area (Å²) in [4.78, 5) is 20.8. The van der Waals surface area contributed by atoms with Crippen molar-refractivity contribution >= 4 is 46.3 Å². The van der Waals surface area contributed by atoms with E-state index in [-0.39, 0.29) is 4.88 Å². The zero-order valence-corrected chi connectivity index (χ0v) is 18.2. The third-order valence-corrected chi connectivity index (χ3v) is 6.29. The largest absolute Gasteiger partial charge is 0.492 e. The van der Waals surface area contributed by atoms with Crippen molar-refractivity contribution in [3.05, 3.63) is 56.6 Å². The van der Waals surface area contributed by atoms with Crippen molar-refractivity contribution in [1.29, 1.82) is 0 Å². The number of anilines is 1. The highest BCUT2D eigenvalue weighted by molar-refractivity contribution is 7.17. The summed E-state index contributed by atoms with van der Waals surface area (Å²) >= 11 is 13.4. The maximum absolute atomic E-state index is 11.4.